The molecule has 28 heavy (non-hydrogen) atoms. The quantitative estimate of drug-likeness (QED) is 0.436. The summed E-state index contributed by atoms with van der Waals surface area (Å²) in [4.78, 5) is 25.9. The molecule has 0 radical (unpaired) electrons. The largest absolute Gasteiger partial charge is 0.478 e. The van der Waals surface area contributed by atoms with Gasteiger partial charge in [-0.25, -0.2) is 4.79 Å². The normalized spacial score (nSPS) is 15.5. The summed E-state index contributed by atoms with van der Waals surface area (Å²) in [5.41, 5.74) is 4.14. The zero-order chi connectivity index (χ0) is 20.4. The topological polar surface area (TPSA) is 62.5 Å². The van der Waals surface area contributed by atoms with Gasteiger partial charge in [0.15, 0.2) is 0 Å². The first kappa shape index (κ1) is 20.1. The van der Waals surface area contributed by atoms with Gasteiger partial charge in [-0.3, -0.25) is 9.69 Å². The lowest BCUT2D eigenvalue weighted by molar-refractivity contribution is -0.121. The van der Waals surface area contributed by atoms with E-state index in [1.807, 2.05) is 30.6 Å². The minimum Gasteiger partial charge on any atom is -0.478 e. The fourth-order valence-electron chi connectivity index (χ4n) is 3.24. The zero-order valence-electron chi connectivity index (χ0n) is 15.6. The number of aryl methyl sites for hydroxylation is 1. The Hall–Kier alpha value is -2.64. The molecule has 0 bridgehead atoms. The maximum Gasteiger partial charge on any atom is 0.335 e. The van der Waals surface area contributed by atoms with Crippen molar-refractivity contribution >= 4 is 40.2 Å². The fraction of sp³-hybridized carbons (Fsp3) is 0.190. The molecule has 1 saturated heterocycles. The third kappa shape index (κ3) is 3.81. The highest BCUT2D eigenvalue weighted by Gasteiger charge is 2.30. The molecule has 1 aliphatic rings. The van der Waals surface area contributed by atoms with Gasteiger partial charge in [0.1, 0.15) is 4.32 Å². The van der Waals surface area contributed by atoms with Crippen LogP contribution < -0.4 is 0 Å². The van der Waals surface area contributed by atoms with Crippen molar-refractivity contribution in [1.82, 2.24) is 9.47 Å². The molecule has 0 aliphatic carbocycles. The van der Waals surface area contributed by atoms with E-state index in [0.29, 0.717) is 22.2 Å². The van der Waals surface area contributed by atoms with Crippen molar-refractivity contribution in [2.24, 2.45) is 0 Å². The second kappa shape index (κ2) is 8.16. The molecule has 1 amide bonds. The van der Waals surface area contributed by atoms with Crippen LogP contribution in [0.25, 0.3) is 5.69 Å². The molecule has 144 valence electrons. The van der Waals surface area contributed by atoms with Gasteiger partial charge in [0.05, 0.1) is 10.5 Å². The molecule has 0 atom stereocenters. The Kier molecular flexibility index (Phi) is 5.86. The number of nitrogens with zero attached hydrogens (tertiary/aromatic N) is 2. The van der Waals surface area contributed by atoms with Crippen LogP contribution in [-0.4, -0.2) is 37.3 Å². The van der Waals surface area contributed by atoms with Gasteiger partial charge < -0.3 is 9.67 Å². The van der Waals surface area contributed by atoms with Crippen molar-refractivity contribution in [2.75, 3.05) is 6.54 Å². The van der Waals surface area contributed by atoms with Crippen molar-refractivity contribution < 1.29 is 14.7 Å². The van der Waals surface area contributed by atoms with Gasteiger partial charge in [-0.1, -0.05) is 42.2 Å². The van der Waals surface area contributed by atoms with Crippen LogP contribution in [0, 0.1) is 13.8 Å². The summed E-state index contributed by atoms with van der Waals surface area (Å²) in [5.74, 6) is -1.04. The molecule has 0 unspecified atom stereocenters. The standard InChI is InChI=1S/C21H20N2O3S2/c1-4-10-22-19(24)18(28-21(22)27)9-8-15-11-13(2)23(14(15)3)17-7-5-6-16(12-17)20(25)26/h4-7,9,11-12H,1,8,10H2,2-3H3,(H,25,26)/b18-9-. The third-order valence-corrected chi connectivity index (χ3v) is 6.01. The highest BCUT2D eigenvalue weighted by atomic mass is 32.2. The molecule has 3 rings (SSSR count). The summed E-state index contributed by atoms with van der Waals surface area (Å²) >= 11 is 6.57. The van der Waals surface area contributed by atoms with Gasteiger partial charge in [-0.15, -0.1) is 6.58 Å². The predicted octanol–water partition coefficient (Wildman–Crippen LogP) is 4.27. The number of amides is 1. The molecule has 1 aliphatic heterocycles. The number of carbonyl (C=O) groups is 2. The number of hydrogen-bond acceptors (Lipinski definition) is 4. The summed E-state index contributed by atoms with van der Waals surface area (Å²) in [6.07, 6.45) is 4.16. The van der Waals surface area contributed by atoms with Gasteiger partial charge in [0, 0.05) is 23.6 Å². The van der Waals surface area contributed by atoms with Gasteiger partial charge in [0.2, 0.25) is 0 Å². The first-order valence-electron chi connectivity index (χ1n) is 8.69. The second-order valence-electron chi connectivity index (χ2n) is 6.43. The predicted molar refractivity (Wildman–Crippen MR) is 116 cm³/mol. The number of hydrogen-bond donors (Lipinski definition) is 1. The number of carboxylic acid groups (broad SMARTS) is 1. The van der Waals surface area contributed by atoms with E-state index in [4.69, 9.17) is 12.2 Å². The maximum atomic E-state index is 12.4. The molecule has 2 aromatic rings. The number of benzene rings is 1. The minimum atomic E-state index is -0.953. The molecule has 0 spiro atoms. The Morgan fingerprint density at radius 1 is 1.32 bits per heavy atom. The first-order valence-corrected chi connectivity index (χ1v) is 9.92. The van der Waals surface area contributed by atoms with Crippen molar-refractivity contribution in [3.63, 3.8) is 0 Å². The number of rotatable bonds is 6. The fourth-order valence-corrected chi connectivity index (χ4v) is 4.48. The SMILES string of the molecule is C=CCN1C(=O)/C(=C/Cc2cc(C)n(-c3cccc(C(=O)O)c3)c2C)SC1=S. The van der Waals surface area contributed by atoms with Crippen molar-refractivity contribution in [1.29, 1.82) is 0 Å². The Morgan fingerprint density at radius 2 is 2.07 bits per heavy atom. The van der Waals surface area contributed by atoms with Gasteiger partial charge in [0.25, 0.3) is 5.91 Å². The van der Waals surface area contributed by atoms with E-state index in [9.17, 15) is 14.7 Å². The number of aromatic nitrogens is 1. The van der Waals surface area contributed by atoms with E-state index in [2.05, 4.69) is 12.6 Å². The smallest absolute Gasteiger partial charge is 0.335 e. The first-order chi connectivity index (χ1) is 13.3. The van der Waals surface area contributed by atoms with Crippen LogP contribution in [0.4, 0.5) is 0 Å². The van der Waals surface area contributed by atoms with Crippen LogP contribution in [-0.2, 0) is 11.2 Å². The van der Waals surface area contributed by atoms with Crippen LogP contribution in [0.5, 0.6) is 0 Å². The lowest BCUT2D eigenvalue weighted by Gasteiger charge is -2.11. The molecule has 5 nitrogen and oxygen atoms in total. The van der Waals surface area contributed by atoms with Crippen molar-refractivity contribution in [3.05, 3.63) is 76.5 Å². The number of carbonyl (C=O) groups excluding carboxylic acids is 1. The average molecular weight is 413 g/mol. The van der Waals surface area contributed by atoms with Crippen molar-refractivity contribution in [3.8, 4) is 5.69 Å². The van der Waals surface area contributed by atoms with Crippen LogP contribution in [0.15, 0.2) is 54.0 Å². The summed E-state index contributed by atoms with van der Waals surface area (Å²) in [7, 11) is 0. The summed E-state index contributed by atoms with van der Waals surface area (Å²) in [6.45, 7) is 8.05. The van der Waals surface area contributed by atoms with Crippen molar-refractivity contribution in [2.45, 2.75) is 20.3 Å². The second-order valence-corrected chi connectivity index (χ2v) is 8.11. The molecule has 1 fully saturated rings. The molecule has 1 aromatic carbocycles. The van der Waals surface area contributed by atoms with Gasteiger partial charge >= 0.3 is 5.97 Å². The molecule has 0 saturated carbocycles. The number of thiocarbonyl (C=S) groups is 1. The summed E-state index contributed by atoms with van der Waals surface area (Å²) in [5, 5.41) is 9.24. The Labute approximate surface area is 173 Å². The van der Waals surface area contributed by atoms with Gasteiger partial charge in [-0.05, 0) is 50.1 Å². The summed E-state index contributed by atoms with van der Waals surface area (Å²) in [6, 6.07) is 8.92. The van der Waals surface area contributed by atoms with E-state index < -0.39 is 5.97 Å². The van der Waals surface area contributed by atoms with Crippen LogP contribution in [0.2, 0.25) is 0 Å². The Morgan fingerprint density at radius 3 is 2.75 bits per heavy atom. The van der Waals surface area contributed by atoms with Crippen LogP contribution in [0.1, 0.15) is 27.3 Å². The Bertz CT molecular complexity index is 1020. The molecule has 1 aromatic heterocycles. The lowest BCUT2D eigenvalue weighted by Crippen LogP contribution is -2.27. The lowest BCUT2D eigenvalue weighted by atomic mass is 10.1. The minimum absolute atomic E-state index is 0.0853. The van der Waals surface area contributed by atoms with E-state index in [1.54, 1.807) is 29.2 Å². The number of allylic oxidation sites excluding steroid dienone is 1. The van der Waals surface area contributed by atoms with Crippen LogP contribution >= 0.6 is 24.0 Å². The molecular formula is C21H20N2O3S2. The maximum absolute atomic E-state index is 12.4. The van der Waals surface area contributed by atoms with E-state index in [-0.39, 0.29) is 11.5 Å². The number of carboxylic acids is 1. The number of aromatic carboxylic acids is 1. The molecular weight excluding hydrogens is 392 g/mol. The molecule has 1 N–H and O–H groups in total. The average Bonchev–Trinajstić information content (AvgIpc) is 3.09. The third-order valence-electron chi connectivity index (χ3n) is 4.58. The van der Waals surface area contributed by atoms with Crippen LogP contribution in [0.3, 0.4) is 0 Å². The highest BCUT2D eigenvalue weighted by Crippen LogP contribution is 2.31. The highest BCUT2D eigenvalue weighted by molar-refractivity contribution is 8.26. The van der Waals surface area contributed by atoms with E-state index >= 15 is 0 Å². The Balaban J connectivity index is 1.88. The summed E-state index contributed by atoms with van der Waals surface area (Å²) < 4.78 is 2.57. The monoisotopic (exact) mass is 412 g/mol. The number of thioether (sulfide) groups is 1. The van der Waals surface area contributed by atoms with E-state index in [1.165, 1.54) is 11.8 Å². The van der Waals surface area contributed by atoms with Gasteiger partial charge in [-0.2, -0.15) is 0 Å². The molecule has 7 heteroatoms. The van der Waals surface area contributed by atoms with E-state index in [0.717, 1.165) is 22.6 Å². The zero-order valence-corrected chi connectivity index (χ0v) is 17.3. The molecule has 2 heterocycles.